The number of carbonyl (C=O) groups is 3. The van der Waals surface area contributed by atoms with Crippen LogP contribution >= 0.6 is 11.6 Å². The van der Waals surface area contributed by atoms with E-state index in [2.05, 4.69) is 6.58 Å². The van der Waals surface area contributed by atoms with Crippen LogP contribution in [0.15, 0.2) is 49.1 Å². The Morgan fingerprint density at radius 1 is 1.15 bits per heavy atom. The van der Waals surface area contributed by atoms with Crippen molar-refractivity contribution in [1.29, 1.82) is 0 Å². The zero-order valence-corrected chi connectivity index (χ0v) is 15.3. The lowest BCUT2D eigenvalue weighted by Crippen LogP contribution is -2.29. The van der Waals surface area contributed by atoms with Crippen LogP contribution in [0, 0.1) is 0 Å². The molecule has 0 atom stereocenters. The van der Waals surface area contributed by atoms with Gasteiger partial charge in [-0.15, -0.1) is 6.58 Å². The molecule has 2 aromatic rings. The van der Waals surface area contributed by atoms with E-state index in [9.17, 15) is 14.4 Å². The lowest BCUT2D eigenvalue weighted by Gasteiger charge is -2.10. The Hall–Kier alpha value is -3.12. The zero-order valence-electron chi connectivity index (χ0n) is 14.5. The molecular formula is C20H16ClNO5. The molecule has 27 heavy (non-hydrogen) atoms. The molecule has 0 N–H and O–H groups in total. The summed E-state index contributed by atoms with van der Waals surface area (Å²) < 4.78 is 10.5. The Morgan fingerprint density at radius 3 is 2.59 bits per heavy atom. The second-order valence-corrected chi connectivity index (χ2v) is 6.24. The molecule has 1 heterocycles. The summed E-state index contributed by atoms with van der Waals surface area (Å²) in [6.07, 6.45) is 1.47. The van der Waals surface area contributed by atoms with Crippen LogP contribution in [0.5, 0.6) is 5.75 Å². The van der Waals surface area contributed by atoms with Gasteiger partial charge in [0.25, 0.3) is 11.8 Å². The number of carbonyl (C=O) groups excluding carboxylic acids is 3. The Kier molecular flexibility index (Phi) is 5.28. The third-order valence-electron chi connectivity index (χ3n) is 4.12. The highest BCUT2D eigenvalue weighted by Crippen LogP contribution is 2.26. The standard InChI is InChI=1S/C20H16ClNO5/c1-3-8-22-18(23)15-6-4-12(10-16(15)19(22)24)20(25)27-11-13-9-14(21)5-7-17(13)26-2/h3-7,9-10H,1,8,11H2,2H3. The van der Waals surface area contributed by atoms with E-state index in [0.29, 0.717) is 16.3 Å². The molecule has 3 rings (SSSR count). The Bertz CT molecular complexity index is 953. The van der Waals surface area contributed by atoms with E-state index >= 15 is 0 Å². The topological polar surface area (TPSA) is 72.9 Å². The zero-order chi connectivity index (χ0) is 19.6. The van der Waals surface area contributed by atoms with Crippen LogP contribution in [-0.4, -0.2) is 36.3 Å². The van der Waals surface area contributed by atoms with Crippen LogP contribution in [0.25, 0.3) is 0 Å². The van der Waals surface area contributed by atoms with Gasteiger partial charge < -0.3 is 9.47 Å². The number of hydrogen-bond donors (Lipinski definition) is 0. The van der Waals surface area contributed by atoms with Crippen molar-refractivity contribution >= 4 is 29.4 Å². The van der Waals surface area contributed by atoms with Gasteiger partial charge in [0.2, 0.25) is 0 Å². The number of hydrogen-bond acceptors (Lipinski definition) is 5. The smallest absolute Gasteiger partial charge is 0.338 e. The van der Waals surface area contributed by atoms with Crippen LogP contribution in [0.4, 0.5) is 0 Å². The quantitative estimate of drug-likeness (QED) is 0.432. The summed E-state index contributed by atoms with van der Waals surface area (Å²) in [6.45, 7) is 3.60. The second-order valence-electron chi connectivity index (χ2n) is 5.80. The number of rotatable bonds is 6. The minimum Gasteiger partial charge on any atom is -0.496 e. The first-order valence-corrected chi connectivity index (χ1v) is 8.44. The summed E-state index contributed by atoms with van der Waals surface area (Å²) in [5.41, 5.74) is 1.23. The molecule has 0 bridgehead atoms. The molecule has 0 saturated carbocycles. The van der Waals surface area contributed by atoms with Crippen molar-refractivity contribution in [2.75, 3.05) is 13.7 Å². The molecule has 1 aliphatic heterocycles. The van der Waals surface area contributed by atoms with Crippen molar-refractivity contribution in [3.8, 4) is 5.75 Å². The molecule has 138 valence electrons. The van der Waals surface area contributed by atoms with Gasteiger partial charge in [-0.25, -0.2) is 4.79 Å². The summed E-state index contributed by atoms with van der Waals surface area (Å²) in [5, 5.41) is 0.491. The first kappa shape index (κ1) is 18.7. The number of amides is 2. The van der Waals surface area contributed by atoms with Gasteiger partial charge in [-0.05, 0) is 36.4 Å². The fourth-order valence-corrected chi connectivity index (χ4v) is 2.99. The maximum absolute atomic E-state index is 12.4. The normalized spacial score (nSPS) is 12.7. The number of esters is 1. The minimum absolute atomic E-state index is 0.0465. The SMILES string of the molecule is C=CCN1C(=O)c2ccc(C(=O)OCc3cc(Cl)ccc3OC)cc2C1=O. The number of ether oxygens (including phenoxy) is 2. The highest BCUT2D eigenvalue weighted by molar-refractivity contribution is 6.30. The lowest BCUT2D eigenvalue weighted by molar-refractivity contribution is 0.0469. The van der Waals surface area contributed by atoms with Gasteiger partial charge in [-0.2, -0.15) is 0 Å². The molecule has 2 aromatic carbocycles. The van der Waals surface area contributed by atoms with Gasteiger partial charge in [0.15, 0.2) is 0 Å². The van der Waals surface area contributed by atoms with Crippen LogP contribution in [0.1, 0.15) is 36.6 Å². The van der Waals surface area contributed by atoms with E-state index in [-0.39, 0.29) is 29.8 Å². The van der Waals surface area contributed by atoms with Gasteiger partial charge in [0, 0.05) is 17.1 Å². The predicted molar refractivity (Wildman–Crippen MR) is 99.1 cm³/mol. The van der Waals surface area contributed by atoms with Crippen molar-refractivity contribution in [3.05, 3.63) is 76.3 Å². The number of benzene rings is 2. The molecule has 6 nitrogen and oxygen atoms in total. The highest BCUT2D eigenvalue weighted by atomic mass is 35.5. The largest absolute Gasteiger partial charge is 0.496 e. The molecule has 0 fully saturated rings. The average molecular weight is 386 g/mol. The van der Waals surface area contributed by atoms with Gasteiger partial charge >= 0.3 is 5.97 Å². The lowest BCUT2D eigenvalue weighted by atomic mass is 10.1. The van der Waals surface area contributed by atoms with Crippen molar-refractivity contribution in [3.63, 3.8) is 0 Å². The van der Waals surface area contributed by atoms with Gasteiger partial charge in [0.05, 0.1) is 23.8 Å². The molecule has 2 amide bonds. The fraction of sp³-hybridized carbons (Fsp3) is 0.150. The van der Waals surface area contributed by atoms with Gasteiger partial charge in [-0.3, -0.25) is 14.5 Å². The van der Waals surface area contributed by atoms with Gasteiger partial charge in [0.1, 0.15) is 12.4 Å². The summed E-state index contributed by atoms with van der Waals surface area (Å²) in [7, 11) is 1.51. The first-order valence-electron chi connectivity index (χ1n) is 8.07. The Balaban J connectivity index is 1.78. The maximum Gasteiger partial charge on any atom is 0.338 e. The first-order chi connectivity index (χ1) is 13.0. The third kappa shape index (κ3) is 3.57. The van der Waals surface area contributed by atoms with Crippen LogP contribution in [0.3, 0.4) is 0 Å². The second kappa shape index (κ2) is 7.63. The highest BCUT2D eigenvalue weighted by Gasteiger charge is 2.35. The van der Waals surface area contributed by atoms with E-state index in [1.807, 2.05) is 0 Å². The molecule has 0 aromatic heterocycles. The van der Waals surface area contributed by atoms with Crippen LogP contribution < -0.4 is 4.74 Å². The maximum atomic E-state index is 12.4. The number of methoxy groups -OCH3 is 1. The molecule has 0 saturated heterocycles. The molecular weight excluding hydrogens is 370 g/mol. The van der Waals surface area contributed by atoms with Crippen molar-refractivity contribution in [1.82, 2.24) is 4.90 Å². The number of imide groups is 1. The number of nitrogens with zero attached hydrogens (tertiary/aromatic N) is 1. The Labute approximate surface area is 160 Å². The van der Waals surface area contributed by atoms with Crippen molar-refractivity contribution < 1.29 is 23.9 Å². The van der Waals surface area contributed by atoms with E-state index in [1.165, 1.54) is 31.4 Å². The van der Waals surface area contributed by atoms with E-state index < -0.39 is 17.8 Å². The summed E-state index contributed by atoms with van der Waals surface area (Å²) >= 11 is 5.96. The number of fused-ring (bicyclic) bond motifs is 1. The van der Waals surface area contributed by atoms with Gasteiger partial charge in [-0.1, -0.05) is 17.7 Å². The van der Waals surface area contributed by atoms with Crippen molar-refractivity contribution in [2.24, 2.45) is 0 Å². The van der Waals surface area contributed by atoms with E-state index in [1.54, 1.807) is 18.2 Å². The van der Waals surface area contributed by atoms with Crippen LogP contribution in [0.2, 0.25) is 5.02 Å². The number of halogens is 1. The molecule has 1 aliphatic rings. The summed E-state index contributed by atoms with van der Waals surface area (Å²) in [4.78, 5) is 38.0. The minimum atomic E-state index is -0.623. The Morgan fingerprint density at radius 2 is 1.89 bits per heavy atom. The summed E-state index contributed by atoms with van der Waals surface area (Å²) in [5.74, 6) is -0.941. The molecule has 0 spiro atoms. The fourth-order valence-electron chi connectivity index (χ4n) is 2.80. The van der Waals surface area contributed by atoms with Crippen molar-refractivity contribution in [2.45, 2.75) is 6.61 Å². The molecule has 7 heteroatoms. The molecule has 0 radical (unpaired) electrons. The third-order valence-corrected chi connectivity index (χ3v) is 4.35. The average Bonchev–Trinajstić information content (AvgIpc) is 2.91. The predicted octanol–water partition coefficient (Wildman–Crippen LogP) is 3.49. The molecule has 0 aliphatic carbocycles. The van der Waals surface area contributed by atoms with Crippen LogP contribution in [-0.2, 0) is 11.3 Å². The monoisotopic (exact) mass is 385 g/mol. The van der Waals surface area contributed by atoms with E-state index in [0.717, 1.165) is 4.90 Å². The summed E-state index contributed by atoms with van der Waals surface area (Å²) in [6, 6.07) is 9.28. The molecule has 0 unspecified atom stereocenters. The van der Waals surface area contributed by atoms with E-state index in [4.69, 9.17) is 21.1 Å².